The van der Waals surface area contributed by atoms with E-state index in [0.717, 1.165) is 31.7 Å². The lowest BCUT2D eigenvalue weighted by atomic mass is 10.1. The van der Waals surface area contributed by atoms with Gasteiger partial charge in [0.25, 0.3) is 0 Å². The third-order valence-corrected chi connectivity index (χ3v) is 3.51. The summed E-state index contributed by atoms with van der Waals surface area (Å²) in [5, 5.41) is 0. The minimum absolute atomic E-state index is 0.396. The summed E-state index contributed by atoms with van der Waals surface area (Å²) in [6, 6.07) is 8.81. The smallest absolute Gasteiger partial charge is 0.0589 e. The minimum atomic E-state index is 0.396. The third kappa shape index (κ3) is 5.34. The fourth-order valence-electron chi connectivity index (χ4n) is 2.07. The van der Waals surface area contributed by atoms with Crippen LogP contribution in [0.25, 0.3) is 0 Å². The summed E-state index contributed by atoms with van der Waals surface area (Å²) in [7, 11) is 1.75. The Labute approximate surface area is 123 Å². The molecule has 0 saturated carbocycles. The Bertz CT molecular complexity index is 448. The topological polar surface area (TPSA) is 38.5 Å². The standard InChI is InChI=1S/C17H26N2O/c1-4-15(2)19(12-13-20-3)14-17-9-6-5-8-16(17)10-7-11-18/h5-6,8-9,15H,4,11-14,18H2,1-3H3. The van der Waals surface area contributed by atoms with E-state index in [-0.39, 0.29) is 0 Å². The van der Waals surface area contributed by atoms with E-state index in [1.165, 1.54) is 5.56 Å². The van der Waals surface area contributed by atoms with Crippen molar-refractivity contribution in [1.82, 2.24) is 4.90 Å². The monoisotopic (exact) mass is 274 g/mol. The molecule has 0 amide bonds. The molecule has 1 unspecified atom stereocenters. The lowest BCUT2D eigenvalue weighted by Gasteiger charge is -2.28. The van der Waals surface area contributed by atoms with Crippen LogP contribution in [0, 0.1) is 11.8 Å². The van der Waals surface area contributed by atoms with Crippen LogP contribution in [0.15, 0.2) is 24.3 Å². The van der Waals surface area contributed by atoms with Crippen molar-refractivity contribution in [3.63, 3.8) is 0 Å². The molecule has 1 aromatic carbocycles. The van der Waals surface area contributed by atoms with Gasteiger partial charge in [0, 0.05) is 31.8 Å². The Hall–Kier alpha value is -1.34. The van der Waals surface area contributed by atoms with Crippen molar-refractivity contribution in [3.8, 4) is 11.8 Å². The summed E-state index contributed by atoms with van der Waals surface area (Å²) >= 11 is 0. The zero-order chi connectivity index (χ0) is 14.8. The molecule has 3 heteroatoms. The SMILES string of the molecule is CCC(C)N(CCOC)Cc1ccccc1C#CCN. The molecule has 0 aliphatic carbocycles. The van der Waals surface area contributed by atoms with E-state index in [2.05, 4.69) is 48.8 Å². The first-order valence-corrected chi connectivity index (χ1v) is 7.22. The lowest BCUT2D eigenvalue weighted by molar-refractivity contribution is 0.118. The molecule has 0 saturated heterocycles. The van der Waals surface area contributed by atoms with Crippen LogP contribution in [0.2, 0.25) is 0 Å². The molecule has 0 bridgehead atoms. The number of nitrogens with two attached hydrogens (primary N) is 1. The Balaban J connectivity index is 2.86. The second-order valence-corrected chi connectivity index (χ2v) is 4.88. The van der Waals surface area contributed by atoms with Crippen molar-refractivity contribution in [2.45, 2.75) is 32.9 Å². The first kappa shape index (κ1) is 16.7. The van der Waals surface area contributed by atoms with Gasteiger partial charge in [0.1, 0.15) is 0 Å². The summed E-state index contributed by atoms with van der Waals surface area (Å²) in [6.45, 7) is 7.44. The summed E-state index contributed by atoms with van der Waals surface area (Å²) in [4.78, 5) is 2.44. The van der Waals surface area contributed by atoms with Gasteiger partial charge in [0.15, 0.2) is 0 Å². The quantitative estimate of drug-likeness (QED) is 0.775. The highest BCUT2D eigenvalue weighted by Gasteiger charge is 2.13. The van der Waals surface area contributed by atoms with Gasteiger partial charge < -0.3 is 10.5 Å². The molecular weight excluding hydrogens is 248 g/mol. The molecule has 0 aliphatic rings. The zero-order valence-corrected chi connectivity index (χ0v) is 12.9. The van der Waals surface area contributed by atoms with Crippen molar-refractivity contribution in [1.29, 1.82) is 0 Å². The van der Waals surface area contributed by atoms with Crippen LogP contribution in [0.5, 0.6) is 0 Å². The predicted octanol–water partition coefficient (Wildman–Crippen LogP) is 2.24. The largest absolute Gasteiger partial charge is 0.383 e. The lowest BCUT2D eigenvalue weighted by Crippen LogP contribution is -2.35. The molecule has 20 heavy (non-hydrogen) atoms. The van der Waals surface area contributed by atoms with Gasteiger partial charge in [-0.3, -0.25) is 4.90 Å². The van der Waals surface area contributed by atoms with Gasteiger partial charge in [-0.15, -0.1) is 0 Å². The molecule has 0 fully saturated rings. The van der Waals surface area contributed by atoms with Gasteiger partial charge in [0.05, 0.1) is 13.2 Å². The average molecular weight is 274 g/mol. The van der Waals surface area contributed by atoms with Gasteiger partial charge in [-0.1, -0.05) is 37.0 Å². The molecular formula is C17H26N2O. The molecule has 110 valence electrons. The van der Waals surface area contributed by atoms with E-state index in [9.17, 15) is 0 Å². The van der Waals surface area contributed by atoms with Crippen molar-refractivity contribution in [3.05, 3.63) is 35.4 Å². The normalized spacial score (nSPS) is 12.1. The van der Waals surface area contributed by atoms with E-state index >= 15 is 0 Å². The van der Waals surface area contributed by atoms with Crippen molar-refractivity contribution >= 4 is 0 Å². The van der Waals surface area contributed by atoms with Crippen LogP contribution in [-0.4, -0.2) is 37.7 Å². The van der Waals surface area contributed by atoms with Gasteiger partial charge in [-0.05, 0) is 25.0 Å². The fourth-order valence-corrected chi connectivity index (χ4v) is 2.07. The zero-order valence-electron chi connectivity index (χ0n) is 12.9. The number of nitrogens with zero attached hydrogens (tertiary/aromatic N) is 1. The van der Waals surface area contributed by atoms with Gasteiger partial charge >= 0.3 is 0 Å². The van der Waals surface area contributed by atoms with E-state index in [4.69, 9.17) is 10.5 Å². The van der Waals surface area contributed by atoms with Gasteiger partial charge in [0.2, 0.25) is 0 Å². The number of ether oxygens (including phenoxy) is 1. The molecule has 0 radical (unpaired) electrons. The maximum Gasteiger partial charge on any atom is 0.0589 e. The Morgan fingerprint density at radius 1 is 1.35 bits per heavy atom. The summed E-state index contributed by atoms with van der Waals surface area (Å²) in [5.41, 5.74) is 7.79. The van der Waals surface area contributed by atoms with E-state index in [1.54, 1.807) is 7.11 Å². The van der Waals surface area contributed by atoms with Crippen LogP contribution in [0.3, 0.4) is 0 Å². The second-order valence-electron chi connectivity index (χ2n) is 4.88. The van der Waals surface area contributed by atoms with Crippen LogP contribution in [0.1, 0.15) is 31.4 Å². The molecule has 1 atom stereocenters. The number of hydrogen-bond donors (Lipinski definition) is 1. The highest BCUT2D eigenvalue weighted by molar-refractivity contribution is 5.41. The Kier molecular flexibility index (Phi) is 7.98. The summed E-state index contributed by atoms with van der Waals surface area (Å²) in [5.74, 6) is 6.10. The third-order valence-electron chi connectivity index (χ3n) is 3.51. The Morgan fingerprint density at radius 2 is 2.10 bits per heavy atom. The van der Waals surface area contributed by atoms with Gasteiger partial charge in [-0.25, -0.2) is 0 Å². The number of rotatable bonds is 7. The number of methoxy groups -OCH3 is 1. The van der Waals surface area contributed by atoms with Crippen molar-refractivity contribution in [2.24, 2.45) is 5.73 Å². The van der Waals surface area contributed by atoms with Gasteiger partial charge in [-0.2, -0.15) is 0 Å². The second kappa shape index (κ2) is 9.55. The van der Waals surface area contributed by atoms with E-state index in [0.29, 0.717) is 12.6 Å². The maximum atomic E-state index is 5.46. The van der Waals surface area contributed by atoms with E-state index < -0.39 is 0 Å². The number of hydrogen-bond acceptors (Lipinski definition) is 3. The first-order chi connectivity index (χ1) is 9.72. The molecule has 1 rings (SSSR count). The number of benzene rings is 1. The van der Waals surface area contributed by atoms with Crippen LogP contribution < -0.4 is 5.73 Å². The minimum Gasteiger partial charge on any atom is -0.383 e. The molecule has 2 N–H and O–H groups in total. The first-order valence-electron chi connectivity index (χ1n) is 7.22. The molecule has 0 spiro atoms. The van der Waals surface area contributed by atoms with Crippen LogP contribution >= 0.6 is 0 Å². The predicted molar refractivity (Wildman–Crippen MR) is 84.4 cm³/mol. The van der Waals surface area contributed by atoms with Crippen molar-refractivity contribution < 1.29 is 4.74 Å². The average Bonchev–Trinajstić information content (AvgIpc) is 2.49. The van der Waals surface area contributed by atoms with Crippen LogP contribution in [0.4, 0.5) is 0 Å². The molecule has 0 heterocycles. The molecule has 1 aromatic rings. The molecule has 0 aromatic heterocycles. The maximum absolute atomic E-state index is 5.46. The van der Waals surface area contributed by atoms with Crippen LogP contribution in [-0.2, 0) is 11.3 Å². The molecule has 3 nitrogen and oxygen atoms in total. The summed E-state index contributed by atoms with van der Waals surface area (Å²) < 4.78 is 5.21. The van der Waals surface area contributed by atoms with Crippen molar-refractivity contribution in [2.75, 3.05) is 26.8 Å². The van der Waals surface area contributed by atoms with E-state index in [1.807, 2.05) is 6.07 Å². The highest BCUT2D eigenvalue weighted by atomic mass is 16.5. The Morgan fingerprint density at radius 3 is 2.75 bits per heavy atom. The summed E-state index contributed by atoms with van der Waals surface area (Å²) in [6.07, 6.45) is 1.13. The molecule has 0 aliphatic heterocycles. The fraction of sp³-hybridized carbons (Fsp3) is 0.529. The highest BCUT2D eigenvalue weighted by Crippen LogP contribution is 2.14.